The van der Waals surface area contributed by atoms with Crippen molar-refractivity contribution in [2.45, 2.75) is 0 Å². The molecule has 0 saturated carbocycles. The summed E-state index contributed by atoms with van der Waals surface area (Å²) in [7, 11) is -1.51. The van der Waals surface area contributed by atoms with Gasteiger partial charge in [-0.3, -0.25) is 0 Å². The molecule has 4 N–H and O–H groups in total. The Morgan fingerprint density at radius 3 is 1.89 bits per heavy atom. The number of nitrogens with one attached hydrogen (secondary N) is 4. The van der Waals surface area contributed by atoms with E-state index in [4.69, 9.17) is 0 Å². The van der Waals surface area contributed by atoms with Gasteiger partial charge in [0.1, 0.15) is 14.3 Å². The maximum absolute atomic E-state index is 12.1. The Kier molecular flexibility index (Phi) is 7.79. The third-order valence-electron chi connectivity index (χ3n) is 2.19. The lowest BCUT2D eigenvalue weighted by Gasteiger charge is -2.17. The lowest BCUT2D eigenvalue weighted by molar-refractivity contribution is 0.244. The van der Waals surface area contributed by atoms with Crippen LogP contribution in [0.15, 0.2) is 0 Å². The maximum atomic E-state index is 12.1. The van der Waals surface area contributed by atoms with E-state index in [2.05, 4.69) is 21.3 Å². The van der Waals surface area contributed by atoms with Crippen LogP contribution in [0.3, 0.4) is 0 Å². The van der Waals surface area contributed by atoms with Gasteiger partial charge in [-0.2, -0.15) is 0 Å². The average Bonchev–Trinajstić information content (AvgIpc) is 2.25. The van der Waals surface area contributed by atoms with Crippen molar-refractivity contribution in [3.63, 3.8) is 0 Å². The monoisotopic (exact) mass is 298 g/mol. The van der Waals surface area contributed by atoms with Gasteiger partial charge in [0.25, 0.3) is 0 Å². The van der Waals surface area contributed by atoms with E-state index < -0.39 is 14.3 Å². The van der Waals surface area contributed by atoms with Crippen LogP contribution in [0.5, 0.6) is 0 Å². The minimum atomic E-state index is -2.49. The lowest BCUT2D eigenvalue weighted by Crippen LogP contribution is -2.34. The molecule has 0 saturated heterocycles. The molecule has 108 valence electrons. The number of amides is 2. The van der Waals surface area contributed by atoms with E-state index in [1.165, 1.54) is 7.05 Å². The largest absolute Gasteiger partial charge is 0.341 e. The summed E-state index contributed by atoms with van der Waals surface area (Å²) < 4.78 is 24.0. The highest BCUT2D eigenvalue weighted by molar-refractivity contribution is 7.64. The van der Waals surface area contributed by atoms with Gasteiger partial charge in [-0.1, -0.05) is 0 Å². The fourth-order valence-electron chi connectivity index (χ4n) is 1.30. The molecular weight excluding hydrogens is 274 g/mol. The second kappa shape index (κ2) is 7.95. The molecule has 7 nitrogen and oxygen atoms in total. The van der Waals surface area contributed by atoms with Crippen LogP contribution in [-0.4, -0.2) is 58.6 Å². The number of urea groups is 1. The highest BCUT2D eigenvalue weighted by atomic mass is 31.2. The van der Waals surface area contributed by atoms with E-state index in [0.717, 1.165) is 0 Å². The van der Waals surface area contributed by atoms with Crippen LogP contribution in [0.1, 0.15) is 0 Å². The van der Waals surface area contributed by atoms with Crippen molar-refractivity contribution in [1.82, 2.24) is 21.3 Å². The summed E-state index contributed by atoms with van der Waals surface area (Å²) in [6.07, 6.45) is 1.18. The molecule has 2 atom stereocenters. The molecule has 0 aromatic rings. The summed E-state index contributed by atoms with van der Waals surface area (Å²) >= 11 is 0. The van der Waals surface area contributed by atoms with Crippen molar-refractivity contribution >= 4 is 20.3 Å². The number of hydrogen-bond acceptors (Lipinski definition) is 5. The Balaban J connectivity index is 4.01. The summed E-state index contributed by atoms with van der Waals surface area (Å²) in [5.41, 5.74) is 0. The van der Waals surface area contributed by atoms with Crippen LogP contribution in [-0.2, 0) is 9.13 Å². The van der Waals surface area contributed by atoms with Crippen LogP contribution in [0, 0.1) is 0 Å². The van der Waals surface area contributed by atoms with Crippen LogP contribution >= 0.6 is 14.3 Å². The molecule has 18 heavy (non-hydrogen) atoms. The summed E-state index contributed by atoms with van der Waals surface area (Å²) in [5.74, 6) is 0. The number of hydrogen-bond donors (Lipinski definition) is 4. The zero-order chi connectivity index (χ0) is 14.2. The predicted molar refractivity (Wildman–Crippen MR) is 76.3 cm³/mol. The van der Waals surface area contributed by atoms with Gasteiger partial charge in [-0.05, 0) is 20.4 Å². The number of carbonyl (C=O) groups is 1. The summed E-state index contributed by atoms with van der Waals surface area (Å²) in [4.78, 5) is 11.0. The summed E-state index contributed by atoms with van der Waals surface area (Å²) in [6, 6.07) is -0.353. The third kappa shape index (κ3) is 8.70. The van der Waals surface area contributed by atoms with Crippen LogP contribution in [0.2, 0.25) is 0 Å². The van der Waals surface area contributed by atoms with E-state index in [1.54, 1.807) is 20.4 Å². The summed E-state index contributed by atoms with van der Waals surface area (Å²) in [6.45, 7) is 3.30. The molecule has 0 aromatic heterocycles. The van der Waals surface area contributed by atoms with Gasteiger partial charge < -0.3 is 30.4 Å². The van der Waals surface area contributed by atoms with Crippen molar-refractivity contribution in [2.75, 3.05) is 52.6 Å². The first-order valence-corrected chi connectivity index (χ1v) is 10.7. The minimum Gasteiger partial charge on any atom is -0.341 e. The van der Waals surface area contributed by atoms with Crippen molar-refractivity contribution < 1.29 is 13.9 Å². The van der Waals surface area contributed by atoms with Gasteiger partial charge >= 0.3 is 6.03 Å². The molecule has 0 bridgehead atoms. The highest BCUT2D eigenvalue weighted by Gasteiger charge is 2.19. The molecule has 2 unspecified atom stereocenters. The van der Waals surface area contributed by atoms with E-state index in [0.29, 0.717) is 12.6 Å². The predicted octanol–water partition coefficient (Wildman–Crippen LogP) is 0.540. The van der Waals surface area contributed by atoms with E-state index in [1.807, 2.05) is 0 Å². The maximum Gasteiger partial charge on any atom is 0.314 e. The molecule has 0 spiro atoms. The molecule has 0 aliphatic rings. The van der Waals surface area contributed by atoms with Gasteiger partial charge in [0.05, 0.1) is 18.9 Å². The van der Waals surface area contributed by atoms with Crippen LogP contribution < -0.4 is 21.3 Å². The second-order valence-electron chi connectivity index (χ2n) is 4.59. The molecular formula is C9H24N4O3P2. The molecule has 0 rings (SSSR count). The van der Waals surface area contributed by atoms with Gasteiger partial charge in [0.15, 0.2) is 0 Å². The molecule has 0 aliphatic carbocycles. The molecule has 0 fully saturated rings. The Hall–Kier alpha value is -0.350. The molecule has 0 radical (unpaired) electrons. The topological polar surface area (TPSA) is 99.3 Å². The first-order chi connectivity index (χ1) is 8.22. The Labute approximate surface area is 109 Å². The second-order valence-corrected chi connectivity index (χ2v) is 11.0. The Morgan fingerprint density at radius 2 is 1.44 bits per heavy atom. The first-order valence-electron chi connectivity index (χ1n) is 5.64. The fraction of sp³-hybridized carbons (Fsp3) is 0.889. The molecule has 2 amide bonds. The molecule has 9 heteroatoms. The van der Waals surface area contributed by atoms with E-state index in [-0.39, 0.29) is 18.6 Å². The fourth-order valence-corrected chi connectivity index (χ4v) is 4.01. The molecule has 0 aromatic carbocycles. The minimum absolute atomic E-state index is 0.125. The molecule has 0 aliphatic heterocycles. The van der Waals surface area contributed by atoms with Crippen LogP contribution in [0.25, 0.3) is 0 Å². The van der Waals surface area contributed by atoms with Crippen molar-refractivity contribution in [2.24, 2.45) is 0 Å². The van der Waals surface area contributed by atoms with Crippen molar-refractivity contribution in [1.29, 1.82) is 0 Å². The first kappa shape index (κ1) is 17.6. The quantitative estimate of drug-likeness (QED) is 0.490. The van der Waals surface area contributed by atoms with Gasteiger partial charge in [-0.25, -0.2) is 4.79 Å². The number of rotatable bonds is 8. The molecule has 0 heterocycles. The van der Waals surface area contributed by atoms with Crippen LogP contribution in [0.4, 0.5) is 4.79 Å². The van der Waals surface area contributed by atoms with Gasteiger partial charge in [0.2, 0.25) is 0 Å². The average molecular weight is 298 g/mol. The third-order valence-corrected chi connectivity index (χ3v) is 5.78. The van der Waals surface area contributed by atoms with E-state index in [9.17, 15) is 13.9 Å². The van der Waals surface area contributed by atoms with Gasteiger partial charge in [0, 0.05) is 13.3 Å². The zero-order valence-electron chi connectivity index (χ0n) is 11.4. The van der Waals surface area contributed by atoms with Crippen molar-refractivity contribution in [3.8, 4) is 0 Å². The summed E-state index contributed by atoms with van der Waals surface area (Å²) in [5, 5.41) is 10.7. The lowest BCUT2D eigenvalue weighted by atomic mass is 11.0. The standard InChI is InChI=1S/C9H24N4O3P2/c1-10-5-17(3,15)6-12-7-18(4,16)8-13-9(14)11-2/h10,12H,5-8H2,1-4H3,(H2,11,13,14). The normalized spacial score (nSPS) is 17.6. The van der Waals surface area contributed by atoms with Gasteiger partial charge in [-0.15, -0.1) is 0 Å². The number of carbonyl (C=O) groups excluding carboxylic acids is 1. The SMILES string of the molecule is CNCP(C)(=O)CNCP(C)(=O)CNC(=O)NC. The smallest absolute Gasteiger partial charge is 0.314 e. The Bertz CT molecular complexity index is 362. The Morgan fingerprint density at radius 1 is 0.944 bits per heavy atom. The highest BCUT2D eigenvalue weighted by Crippen LogP contribution is 2.41. The van der Waals surface area contributed by atoms with E-state index >= 15 is 0 Å². The zero-order valence-corrected chi connectivity index (χ0v) is 13.2. The van der Waals surface area contributed by atoms with Crippen molar-refractivity contribution in [3.05, 3.63) is 0 Å².